The number of rotatable bonds is 5. The van der Waals surface area contributed by atoms with Crippen molar-refractivity contribution in [3.63, 3.8) is 0 Å². The van der Waals surface area contributed by atoms with E-state index in [-0.39, 0.29) is 0 Å². The normalized spacial score (nSPS) is 12.4. The Hall–Kier alpha value is -1.88. The molecule has 1 aromatic heterocycles. The van der Waals surface area contributed by atoms with Crippen LogP contribution < -0.4 is 4.74 Å². The quantitative estimate of drug-likeness (QED) is 0.820. The summed E-state index contributed by atoms with van der Waals surface area (Å²) in [6, 6.07) is 7.81. The van der Waals surface area contributed by atoms with Crippen molar-refractivity contribution in [2.24, 2.45) is 0 Å². The molecular formula is C12H15N3O2. The number of aryl methyl sites for hydroxylation is 1. The Morgan fingerprint density at radius 1 is 1.35 bits per heavy atom. The monoisotopic (exact) mass is 233 g/mol. The van der Waals surface area contributed by atoms with Crippen LogP contribution in [0.3, 0.4) is 0 Å². The van der Waals surface area contributed by atoms with Gasteiger partial charge in [0, 0.05) is 0 Å². The van der Waals surface area contributed by atoms with Gasteiger partial charge in [0.15, 0.2) is 5.82 Å². The highest BCUT2D eigenvalue weighted by atomic mass is 16.5. The number of aromatic amines is 1. The van der Waals surface area contributed by atoms with E-state index in [4.69, 9.17) is 4.74 Å². The molecule has 0 fully saturated rings. The van der Waals surface area contributed by atoms with E-state index in [1.807, 2.05) is 24.3 Å². The summed E-state index contributed by atoms with van der Waals surface area (Å²) in [6.07, 6.45) is 2.19. The molecule has 2 aromatic rings. The van der Waals surface area contributed by atoms with Crippen LogP contribution in [0.25, 0.3) is 0 Å². The molecule has 1 aromatic carbocycles. The number of aromatic nitrogens is 3. The molecule has 1 atom stereocenters. The Kier molecular flexibility index (Phi) is 3.72. The van der Waals surface area contributed by atoms with Crippen LogP contribution in [-0.4, -0.2) is 27.4 Å². The Balaban J connectivity index is 1.89. The third-order valence-electron chi connectivity index (χ3n) is 2.61. The second-order valence-corrected chi connectivity index (χ2v) is 3.77. The van der Waals surface area contributed by atoms with Crippen molar-refractivity contribution in [2.75, 3.05) is 7.11 Å². The van der Waals surface area contributed by atoms with Gasteiger partial charge in [-0.15, -0.1) is 0 Å². The number of H-pyrrole nitrogens is 1. The van der Waals surface area contributed by atoms with E-state index in [1.165, 1.54) is 6.33 Å². The van der Waals surface area contributed by atoms with Gasteiger partial charge >= 0.3 is 0 Å². The molecule has 2 N–H and O–H groups in total. The summed E-state index contributed by atoms with van der Waals surface area (Å²) in [6.45, 7) is 0. The standard InChI is InChI=1S/C12H15N3O2/c1-17-10-5-2-9(3-6-10)4-7-11(16)12-13-8-14-15-12/h2-3,5-6,8,11,16H,4,7H2,1H3,(H,13,14,15). The largest absolute Gasteiger partial charge is 0.497 e. The summed E-state index contributed by atoms with van der Waals surface area (Å²) in [7, 11) is 1.64. The van der Waals surface area contributed by atoms with Gasteiger partial charge in [0.25, 0.3) is 0 Å². The lowest BCUT2D eigenvalue weighted by atomic mass is 10.1. The molecule has 0 aliphatic heterocycles. The predicted molar refractivity (Wildman–Crippen MR) is 62.7 cm³/mol. The fourth-order valence-electron chi connectivity index (χ4n) is 1.61. The SMILES string of the molecule is COc1ccc(CCC(O)c2ncn[nH]2)cc1. The van der Waals surface area contributed by atoms with Crippen LogP contribution in [0.5, 0.6) is 5.75 Å². The molecule has 0 spiro atoms. The first-order valence-electron chi connectivity index (χ1n) is 5.46. The lowest BCUT2D eigenvalue weighted by Crippen LogP contribution is -2.02. The first kappa shape index (κ1) is 11.6. The third kappa shape index (κ3) is 3.04. The van der Waals surface area contributed by atoms with Gasteiger partial charge in [-0.2, -0.15) is 5.10 Å². The number of ether oxygens (including phenoxy) is 1. The van der Waals surface area contributed by atoms with Gasteiger partial charge in [-0.3, -0.25) is 5.10 Å². The Bertz CT molecular complexity index is 439. The lowest BCUT2D eigenvalue weighted by molar-refractivity contribution is 0.158. The maximum Gasteiger partial charge on any atom is 0.153 e. The van der Waals surface area contributed by atoms with E-state index in [0.717, 1.165) is 17.7 Å². The molecule has 1 heterocycles. The number of aliphatic hydroxyl groups excluding tert-OH is 1. The molecule has 0 amide bonds. The van der Waals surface area contributed by atoms with E-state index in [9.17, 15) is 5.11 Å². The van der Waals surface area contributed by atoms with Crippen LogP contribution in [-0.2, 0) is 6.42 Å². The molecule has 90 valence electrons. The van der Waals surface area contributed by atoms with Gasteiger partial charge in [0.1, 0.15) is 18.2 Å². The fraction of sp³-hybridized carbons (Fsp3) is 0.333. The highest BCUT2D eigenvalue weighted by Gasteiger charge is 2.10. The number of nitrogens with one attached hydrogen (secondary N) is 1. The molecule has 0 bridgehead atoms. The first-order valence-corrected chi connectivity index (χ1v) is 5.46. The summed E-state index contributed by atoms with van der Waals surface area (Å²) in [5.41, 5.74) is 1.16. The summed E-state index contributed by atoms with van der Waals surface area (Å²) in [5, 5.41) is 16.2. The third-order valence-corrected chi connectivity index (χ3v) is 2.61. The molecular weight excluding hydrogens is 218 g/mol. The van der Waals surface area contributed by atoms with Crippen LogP contribution in [0.2, 0.25) is 0 Å². The minimum atomic E-state index is -0.598. The Morgan fingerprint density at radius 3 is 2.71 bits per heavy atom. The van der Waals surface area contributed by atoms with E-state index in [2.05, 4.69) is 15.2 Å². The second-order valence-electron chi connectivity index (χ2n) is 3.77. The van der Waals surface area contributed by atoms with Crippen LogP contribution in [0.1, 0.15) is 23.9 Å². The number of methoxy groups -OCH3 is 1. The number of hydrogen-bond acceptors (Lipinski definition) is 4. The van der Waals surface area contributed by atoms with Crippen molar-refractivity contribution >= 4 is 0 Å². The molecule has 0 saturated heterocycles. The van der Waals surface area contributed by atoms with Crippen LogP contribution in [0.4, 0.5) is 0 Å². The number of hydrogen-bond donors (Lipinski definition) is 2. The minimum Gasteiger partial charge on any atom is -0.497 e. The summed E-state index contributed by atoms with van der Waals surface area (Å²) in [4.78, 5) is 3.92. The van der Waals surface area contributed by atoms with E-state index < -0.39 is 6.10 Å². The summed E-state index contributed by atoms with van der Waals surface area (Å²) < 4.78 is 5.08. The molecule has 0 aliphatic rings. The number of nitrogens with zero attached hydrogens (tertiary/aromatic N) is 2. The zero-order valence-electron chi connectivity index (χ0n) is 9.63. The first-order chi connectivity index (χ1) is 8.29. The minimum absolute atomic E-state index is 0.513. The molecule has 5 nitrogen and oxygen atoms in total. The van der Waals surface area contributed by atoms with E-state index >= 15 is 0 Å². The topological polar surface area (TPSA) is 71.0 Å². The Labute approximate surface area is 99.5 Å². The van der Waals surface area contributed by atoms with Crippen LogP contribution >= 0.6 is 0 Å². The molecule has 0 saturated carbocycles. The highest BCUT2D eigenvalue weighted by Crippen LogP contribution is 2.17. The second kappa shape index (κ2) is 5.45. The van der Waals surface area contributed by atoms with Crippen molar-refractivity contribution in [2.45, 2.75) is 18.9 Å². The highest BCUT2D eigenvalue weighted by molar-refractivity contribution is 5.27. The van der Waals surface area contributed by atoms with Gasteiger partial charge in [-0.1, -0.05) is 12.1 Å². The number of benzene rings is 1. The average Bonchev–Trinajstić information content (AvgIpc) is 2.90. The predicted octanol–water partition coefficient (Wildman–Crippen LogP) is 1.48. The van der Waals surface area contributed by atoms with Crippen molar-refractivity contribution in [3.8, 4) is 5.75 Å². The average molecular weight is 233 g/mol. The molecule has 1 unspecified atom stereocenters. The molecule has 0 aliphatic carbocycles. The van der Waals surface area contributed by atoms with Crippen molar-refractivity contribution in [1.29, 1.82) is 0 Å². The molecule has 0 radical (unpaired) electrons. The van der Waals surface area contributed by atoms with Gasteiger partial charge in [0.05, 0.1) is 7.11 Å². The van der Waals surface area contributed by atoms with Crippen LogP contribution in [0.15, 0.2) is 30.6 Å². The Morgan fingerprint density at radius 2 is 2.12 bits per heavy atom. The summed E-state index contributed by atoms with van der Waals surface area (Å²) >= 11 is 0. The molecule has 5 heteroatoms. The van der Waals surface area contributed by atoms with Gasteiger partial charge in [0.2, 0.25) is 0 Å². The van der Waals surface area contributed by atoms with Gasteiger partial charge < -0.3 is 9.84 Å². The molecule has 2 rings (SSSR count). The fourth-order valence-corrected chi connectivity index (χ4v) is 1.61. The molecule has 17 heavy (non-hydrogen) atoms. The maximum atomic E-state index is 9.81. The van der Waals surface area contributed by atoms with Crippen molar-refractivity contribution < 1.29 is 9.84 Å². The smallest absolute Gasteiger partial charge is 0.153 e. The van der Waals surface area contributed by atoms with Crippen LogP contribution in [0, 0.1) is 0 Å². The van der Waals surface area contributed by atoms with Crippen molar-refractivity contribution in [3.05, 3.63) is 42.0 Å². The maximum absolute atomic E-state index is 9.81. The van der Waals surface area contributed by atoms with Gasteiger partial charge in [-0.25, -0.2) is 4.98 Å². The van der Waals surface area contributed by atoms with E-state index in [0.29, 0.717) is 12.2 Å². The number of aliphatic hydroxyl groups is 1. The lowest BCUT2D eigenvalue weighted by Gasteiger charge is -2.07. The van der Waals surface area contributed by atoms with Gasteiger partial charge in [-0.05, 0) is 30.5 Å². The van der Waals surface area contributed by atoms with E-state index in [1.54, 1.807) is 7.11 Å². The zero-order valence-corrected chi connectivity index (χ0v) is 9.63. The summed E-state index contributed by atoms with van der Waals surface area (Å²) in [5.74, 6) is 1.35. The zero-order chi connectivity index (χ0) is 12.1. The van der Waals surface area contributed by atoms with Crippen molar-refractivity contribution in [1.82, 2.24) is 15.2 Å².